The van der Waals surface area contributed by atoms with Crippen molar-refractivity contribution < 1.29 is 32.7 Å². The van der Waals surface area contributed by atoms with Gasteiger partial charge in [-0.25, -0.2) is 4.39 Å². The number of nitrogens with zero attached hydrogens (tertiary/aromatic N) is 4. The molecule has 1 saturated heterocycles. The Bertz CT molecular complexity index is 2380. The van der Waals surface area contributed by atoms with Crippen molar-refractivity contribution in [3.63, 3.8) is 0 Å². The number of Topliss-reactive ketones (excluding diaryl/α,β-unsaturated/α-hetero) is 1. The molecule has 0 bridgehead atoms. The Hall–Kier alpha value is -3.10. The van der Waals surface area contributed by atoms with Crippen LogP contribution < -0.4 is 25.6 Å². The summed E-state index contributed by atoms with van der Waals surface area (Å²) in [7, 11) is 0.864. The summed E-state index contributed by atoms with van der Waals surface area (Å²) < 4.78 is 36.2. The lowest BCUT2D eigenvalue weighted by Crippen LogP contribution is -2.45. The van der Waals surface area contributed by atoms with E-state index in [0.717, 1.165) is 38.0 Å². The van der Waals surface area contributed by atoms with E-state index < -0.39 is 25.5 Å². The van der Waals surface area contributed by atoms with Crippen molar-refractivity contribution >= 4 is 76.0 Å². The lowest BCUT2D eigenvalue weighted by Gasteiger charge is -2.37. The molecule has 1 N–H and O–H groups in total. The predicted molar refractivity (Wildman–Crippen MR) is 252 cm³/mol. The number of carbonyl (C=O) groups excluding carboxylic acids is 3. The molecule has 338 valence electrons. The van der Waals surface area contributed by atoms with Gasteiger partial charge in [0.15, 0.2) is 31.3 Å². The molecule has 4 aliphatic heterocycles. The van der Waals surface area contributed by atoms with Gasteiger partial charge in [-0.3, -0.25) is 28.9 Å². The Morgan fingerprint density at radius 1 is 1.02 bits per heavy atom. The molecule has 0 aliphatic carbocycles. The van der Waals surface area contributed by atoms with Gasteiger partial charge < -0.3 is 33.3 Å². The highest BCUT2D eigenvalue weighted by atomic mass is 127. The number of rotatable bonds is 13. The molecule has 4 aliphatic rings. The summed E-state index contributed by atoms with van der Waals surface area (Å²) >= 11 is 11.7. The zero-order chi connectivity index (χ0) is 45.6. The van der Waals surface area contributed by atoms with Crippen LogP contribution in [0.2, 0.25) is 23.2 Å². The molecule has 1 aromatic carbocycles. The first-order chi connectivity index (χ1) is 29.2. The third-order valence-electron chi connectivity index (χ3n) is 13.0. The van der Waals surface area contributed by atoms with Crippen LogP contribution in [-0.4, -0.2) is 91.9 Å². The van der Waals surface area contributed by atoms with Gasteiger partial charge in [0.25, 0.3) is 11.8 Å². The summed E-state index contributed by atoms with van der Waals surface area (Å²) in [5.41, 5.74) is 1.38. The molecule has 2 aromatic heterocycles. The van der Waals surface area contributed by atoms with E-state index in [0.29, 0.717) is 47.5 Å². The number of benzene rings is 1. The van der Waals surface area contributed by atoms with Crippen LogP contribution in [0.5, 0.6) is 11.5 Å². The van der Waals surface area contributed by atoms with Gasteiger partial charge >= 0.3 is 0 Å². The van der Waals surface area contributed by atoms with Gasteiger partial charge in [0.05, 0.1) is 58.1 Å². The second-order valence-electron chi connectivity index (χ2n) is 17.8. The molecule has 1 fully saturated rings. The summed E-state index contributed by atoms with van der Waals surface area (Å²) in [5, 5.41) is 2.75. The van der Waals surface area contributed by atoms with Crippen LogP contribution >= 0.6 is 50.1 Å². The molecule has 3 aromatic rings. The average Bonchev–Trinajstić information content (AvgIpc) is 3.72. The number of fused-ring (bicyclic) bond motifs is 1. The van der Waals surface area contributed by atoms with E-state index in [2.05, 4.69) is 82.6 Å². The van der Waals surface area contributed by atoms with Gasteiger partial charge in [0.2, 0.25) is 10.9 Å². The maximum absolute atomic E-state index is 14.3. The van der Waals surface area contributed by atoms with Gasteiger partial charge in [-0.2, -0.15) is 0 Å². The molecule has 0 saturated carbocycles. The third kappa shape index (κ3) is 8.83. The Balaban J connectivity index is 0.000000212. The Morgan fingerprint density at radius 3 is 2.27 bits per heavy atom. The molecular weight excluding hydrogens is 1020 g/mol. The Labute approximate surface area is 390 Å². The van der Waals surface area contributed by atoms with E-state index in [1.54, 1.807) is 11.0 Å². The maximum atomic E-state index is 14.3. The number of likely N-dealkylation sites (tertiary alicyclic amines) is 1. The first kappa shape index (κ1) is 48.4. The second kappa shape index (κ2) is 19.2. The second-order valence-corrected chi connectivity index (χ2v) is 25.2. The van der Waals surface area contributed by atoms with Gasteiger partial charge in [-0.05, 0) is 79.4 Å². The number of amides is 2. The largest absolute Gasteiger partial charge is 0.491 e. The summed E-state index contributed by atoms with van der Waals surface area (Å²) in [6.45, 7) is 18.1. The number of halogens is 4. The van der Waals surface area contributed by atoms with Crippen LogP contribution in [0.3, 0.4) is 0 Å². The molecule has 0 radical (unpaired) electrons. The molecule has 13 nitrogen and oxygen atoms in total. The van der Waals surface area contributed by atoms with Crippen LogP contribution in [0.4, 0.5) is 4.39 Å². The highest BCUT2D eigenvalue weighted by Crippen LogP contribution is 2.47. The average molecular weight is 1070 g/mol. The molecule has 62 heavy (non-hydrogen) atoms. The lowest BCUT2D eigenvalue weighted by molar-refractivity contribution is 0.0664. The van der Waals surface area contributed by atoms with Crippen LogP contribution in [0.25, 0.3) is 0 Å². The van der Waals surface area contributed by atoms with E-state index in [1.165, 1.54) is 26.4 Å². The number of likely N-dealkylation sites (N-methyl/N-ethyl adjacent to an activating group) is 1. The zero-order valence-electron chi connectivity index (χ0n) is 36.9. The molecule has 18 heteroatoms. The maximum Gasteiger partial charge on any atom is 0.274 e. The number of hydrogen-bond acceptors (Lipinski definition) is 9. The molecular formula is C44H57BrClFIN5O8Si. The van der Waals surface area contributed by atoms with Crippen molar-refractivity contribution in [3.8, 4) is 11.5 Å². The number of methoxy groups -OCH3 is 2. The molecule has 0 spiro atoms. The van der Waals surface area contributed by atoms with E-state index in [1.807, 2.05) is 23.0 Å². The standard InChI is InChI=1S/C24H26ClFN4O4.C20H31BrINO4Si/c1-3-28-12-14-10-16(29-8-5-9-29)19-17(21(31)22(34-2)20(24(28)33)30(14)19)23(32)27-11-13-6-4-7-15(25)18(13)26;1-8-9-14(24)17-19(26-5)18(25)15(22)16-13(21)10-12(23(16)17)11-27-28(6,7)20(2,3)4/h4,6-7,14,16H,3,5,8-12H2,1-2H3,(H,27,32);12-13H,8-11H2,1-7H3/t14-,16+;12-,13-/m00/s1. The van der Waals surface area contributed by atoms with Crippen molar-refractivity contribution in [1.29, 1.82) is 0 Å². The highest BCUT2D eigenvalue weighted by Gasteiger charge is 2.48. The predicted octanol–water partition coefficient (Wildman–Crippen LogP) is 8.59. The number of hydrogen-bond donors (Lipinski definition) is 1. The Kier molecular flexibility index (Phi) is 14.9. The van der Waals surface area contributed by atoms with Crippen molar-refractivity contribution in [2.24, 2.45) is 0 Å². The Morgan fingerprint density at radius 2 is 1.69 bits per heavy atom. The molecule has 7 rings (SSSR count). The number of aromatic nitrogens is 2. The summed E-state index contributed by atoms with van der Waals surface area (Å²) in [4.78, 5) is 70.0. The normalized spacial score (nSPS) is 20.5. The van der Waals surface area contributed by atoms with Crippen LogP contribution in [0.1, 0.15) is 138 Å². The lowest BCUT2D eigenvalue weighted by atomic mass is 9.99. The van der Waals surface area contributed by atoms with Crippen LogP contribution in [0, 0.1) is 9.39 Å². The molecule has 6 heterocycles. The van der Waals surface area contributed by atoms with Gasteiger partial charge in [-0.15, -0.1) is 0 Å². The first-order valence-corrected chi connectivity index (χ1v) is 26.5. The number of ketones is 1. The molecule has 0 unspecified atom stereocenters. The number of nitrogens with one attached hydrogen (secondary N) is 1. The quantitative estimate of drug-likeness (QED) is 0.0772. The van der Waals surface area contributed by atoms with Crippen molar-refractivity contribution in [2.75, 3.05) is 47.0 Å². The number of carbonyl (C=O) groups is 3. The van der Waals surface area contributed by atoms with Crippen molar-refractivity contribution in [2.45, 2.75) is 114 Å². The fraction of sp³-hybridized carbons (Fsp3) is 0.568. The zero-order valence-corrected chi connectivity index (χ0v) is 42.4. The van der Waals surface area contributed by atoms with Crippen molar-refractivity contribution in [1.82, 2.24) is 24.3 Å². The fourth-order valence-electron chi connectivity index (χ4n) is 8.56. The third-order valence-corrected chi connectivity index (χ3v) is 19.6. The number of ether oxygens (including phenoxy) is 2. The van der Waals surface area contributed by atoms with Gasteiger partial charge in [-0.1, -0.05) is 67.4 Å². The number of alkyl halides is 1. The molecule has 4 atom stereocenters. The minimum Gasteiger partial charge on any atom is -0.491 e. The van der Waals surface area contributed by atoms with E-state index >= 15 is 0 Å². The molecule has 2 amide bonds. The van der Waals surface area contributed by atoms with Crippen LogP contribution in [-0.2, 0) is 11.0 Å². The van der Waals surface area contributed by atoms with E-state index in [9.17, 15) is 28.4 Å². The number of pyridine rings is 2. The van der Waals surface area contributed by atoms with E-state index in [-0.39, 0.29) is 85.0 Å². The van der Waals surface area contributed by atoms with Gasteiger partial charge in [0.1, 0.15) is 17.1 Å². The van der Waals surface area contributed by atoms with Crippen molar-refractivity contribution in [3.05, 3.63) is 87.0 Å². The summed E-state index contributed by atoms with van der Waals surface area (Å²) in [5.74, 6) is -1.52. The summed E-state index contributed by atoms with van der Waals surface area (Å²) in [6, 6.07) is 4.34. The fourth-order valence-corrected chi connectivity index (χ4v) is 12.0. The minimum atomic E-state index is -1.93. The summed E-state index contributed by atoms with van der Waals surface area (Å²) in [6.07, 6.45) is 3.64. The smallest absolute Gasteiger partial charge is 0.274 e. The van der Waals surface area contributed by atoms with E-state index in [4.69, 9.17) is 25.5 Å². The van der Waals surface area contributed by atoms with Crippen LogP contribution in [0.15, 0.2) is 27.8 Å². The minimum absolute atomic E-state index is 0.00711. The monoisotopic (exact) mass is 1070 g/mol. The topological polar surface area (TPSA) is 141 Å². The van der Waals surface area contributed by atoms with Gasteiger partial charge in [0, 0.05) is 50.4 Å². The highest BCUT2D eigenvalue weighted by molar-refractivity contribution is 14.1. The first-order valence-electron chi connectivity index (χ1n) is 21.2. The SMILES string of the molecule is CCCC(=O)c1c(OC)c(=O)c(I)c2n1[C@H](CO[Si](C)(C)C(C)(C)C)C[C@@H]2Br.CCN1C[C@@H]2C[C@@H](N3CCC3)c3c(C(=O)NCc4cccc(Cl)c4F)c(=O)c(OC)c(n32)C1=O.